The van der Waals surface area contributed by atoms with Crippen LogP contribution in [0.3, 0.4) is 0 Å². The SMILES string of the molecule is Cc1cc(NCc2ccccc2C)nc(NCCc2ccc(Cl)cc2)n1. The first kappa shape index (κ1) is 18.2. The molecule has 0 aliphatic carbocycles. The van der Waals surface area contributed by atoms with Crippen LogP contribution in [-0.4, -0.2) is 16.5 Å². The van der Waals surface area contributed by atoms with Gasteiger partial charge in [-0.3, -0.25) is 0 Å². The Morgan fingerprint density at radius 1 is 0.923 bits per heavy atom. The first-order chi connectivity index (χ1) is 12.6. The molecular weight excluding hydrogens is 344 g/mol. The van der Waals surface area contributed by atoms with E-state index in [1.807, 2.05) is 37.3 Å². The van der Waals surface area contributed by atoms with E-state index in [1.165, 1.54) is 16.7 Å². The predicted molar refractivity (Wildman–Crippen MR) is 109 cm³/mol. The van der Waals surface area contributed by atoms with Crippen molar-refractivity contribution >= 4 is 23.4 Å². The first-order valence-corrected chi connectivity index (χ1v) is 9.10. The number of aryl methyl sites for hydroxylation is 2. The highest BCUT2D eigenvalue weighted by Crippen LogP contribution is 2.14. The molecule has 0 saturated heterocycles. The Balaban J connectivity index is 1.58. The molecule has 0 saturated carbocycles. The molecule has 0 amide bonds. The lowest BCUT2D eigenvalue weighted by molar-refractivity contribution is 0.969. The fourth-order valence-corrected chi connectivity index (χ4v) is 2.83. The van der Waals surface area contributed by atoms with Gasteiger partial charge >= 0.3 is 0 Å². The summed E-state index contributed by atoms with van der Waals surface area (Å²) in [7, 11) is 0. The number of rotatable bonds is 7. The van der Waals surface area contributed by atoms with Crippen molar-refractivity contribution in [2.24, 2.45) is 0 Å². The molecule has 2 N–H and O–H groups in total. The summed E-state index contributed by atoms with van der Waals surface area (Å²) in [5, 5.41) is 7.45. The van der Waals surface area contributed by atoms with Crippen LogP contribution in [0.4, 0.5) is 11.8 Å². The number of aromatic nitrogens is 2. The zero-order valence-corrected chi connectivity index (χ0v) is 15.8. The molecular formula is C21H23ClN4. The lowest BCUT2D eigenvalue weighted by atomic mass is 10.1. The van der Waals surface area contributed by atoms with Gasteiger partial charge in [-0.05, 0) is 49.1 Å². The van der Waals surface area contributed by atoms with Crippen molar-refractivity contribution in [3.63, 3.8) is 0 Å². The first-order valence-electron chi connectivity index (χ1n) is 8.72. The third kappa shape index (κ3) is 5.20. The summed E-state index contributed by atoms with van der Waals surface area (Å²) in [6, 6.07) is 18.2. The number of hydrogen-bond acceptors (Lipinski definition) is 4. The molecule has 0 fully saturated rings. The molecule has 0 radical (unpaired) electrons. The molecule has 5 heteroatoms. The monoisotopic (exact) mass is 366 g/mol. The summed E-state index contributed by atoms with van der Waals surface area (Å²) in [5.41, 5.74) is 4.70. The van der Waals surface area contributed by atoms with E-state index >= 15 is 0 Å². The molecule has 4 nitrogen and oxygen atoms in total. The number of benzene rings is 2. The Labute approximate surface area is 159 Å². The van der Waals surface area contributed by atoms with Crippen LogP contribution in [-0.2, 0) is 13.0 Å². The summed E-state index contributed by atoms with van der Waals surface area (Å²) in [4.78, 5) is 9.04. The van der Waals surface area contributed by atoms with E-state index in [1.54, 1.807) is 0 Å². The molecule has 3 aromatic rings. The predicted octanol–water partition coefficient (Wildman–Crippen LogP) is 5.01. The number of halogens is 1. The van der Waals surface area contributed by atoms with Crippen molar-refractivity contribution < 1.29 is 0 Å². The fraction of sp³-hybridized carbons (Fsp3) is 0.238. The second-order valence-electron chi connectivity index (χ2n) is 6.30. The van der Waals surface area contributed by atoms with E-state index in [0.717, 1.165) is 36.0 Å². The van der Waals surface area contributed by atoms with Crippen LogP contribution in [0.5, 0.6) is 0 Å². The van der Waals surface area contributed by atoms with Gasteiger partial charge in [-0.2, -0.15) is 4.98 Å². The van der Waals surface area contributed by atoms with E-state index in [4.69, 9.17) is 11.6 Å². The van der Waals surface area contributed by atoms with Gasteiger partial charge in [0.2, 0.25) is 5.95 Å². The topological polar surface area (TPSA) is 49.8 Å². The number of anilines is 2. The smallest absolute Gasteiger partial charge is 0.224 e. The van der Waals surface area contributed by atoms with Crippen LogP contribution in [0.2, 0.25) is 5.02 Å². The van der Waals surface area contributed by atoms with Gasteiger partial charge in [-0.15, -0.1) is 0 Å². The van der Waals surface area contributed by atoms with Crippen molar-refractivity contribution in [3.05, 3.63) is 82.0 Å². The van der Waals surface area contributed by atoms with E-state index in [0.29, 0.717) is 5.95 Å². The summed E-state index contributed by atoms with van der Waals surface area (Å²) >= 11 is 5.92. The Morgan fingerprint density at radius 3 is 2.46 bits per heavy atom. The van der Waals surface area contributed by atoms with Crippen molar-refractivity contribution in [1.82, 2.24) is 9.97 Å². The fourth-order valence-electron chi connectivity index (χ4n) is 2.70. The van der Waals surface area contributed by atoms with Crippen LogP contribution >= 0.6 is 11.6 Å². The molecule has 0 bridgehead atoms. The zero-order chi connectivity index (χ0) is 18.4. The number of nitrogens with one attached hydrogen (secondary N) is 2. The molecule has 0 aliphatic heterocycles. The average molecular weight is 367 g/mol. The highest BCUT2D eigenvalue weighted by atomic mass is 35.5. The molecule has 1 aromatic heterocycles. The normalized spacial score (nSPS) is 10.6. The molecule has 1 heterocycles. The van der Waals surface area contributed by atoms with Gasteiger partial charge in [-0.1, -0.05) is 48.0 Å². The highest BCUT2D eigenvalue weighted by Gasteiger charge is 2.03. The number of nitrogens with zero attached hydrogens (tertiary/aromatic N) is 2. The van der Waals surface area contributed by atoms with Crippen LogP contribution in [0.25, 0.3) is 0 Å². The van der Waals surface area contributed by atoms with Gasteiger partial charge in [0.25, 0.3) is 0 Å². The second kappa shape index (κ2) is 8.68. The average Bonchev–Trinajstić information content (AvgIpc) is 2.62. The molecule has 0 aliphatic rings. The maximum atomic E-state index is 5.92. The lowest BCUT2D eigenvalue weighted by Crippen LogP contribution is -2.10. The molecule has 26 heavy (non-hydrogen) atoms. The maximum Gasteiger partial charge on any atom is 0.224 e. The molecule has 3 rings (SSSR count). The highest BCUT2D eigenvalue weighted by molar-refractivity contribution is 6.30. The Morgan fingerprint density at radius 2 is 1.69 bits per heavy atom. The van der Waals surface area contributed by atoms with Crippen LogP contribution < -0.4 is 10.6 Å². The lowest BCUT2D eigenvalue weighted by Gasteiger charge is -2.11. The summed E-state index contributed by atoms with van der Waals surface area (Å²) < 4.78 is 0. The second-order valence-corrected chi connectivity index (χ2v) is 6.74. The van der Waals surface area contributed by atoms with Crippen LogP contribution in [0, 0.1) is 13.8 Å². The quantitative estimate of drug-likeness (QED) is 0.616. The third-order valence-electron chi connectivity index (χ3n) is 4.19. The standard InChI is InChI=1S/C21H23ClN4/c1-15-5-3-4-6-18(15)14-24-20-13-16(2)25-21(26-20)23-12-11-17-7-9-19(22)10-8-17/h3-10,13H,11-12,14H2,1-2H3,(H2,23,24,25,26). The van der Waals surface area contributed by atoms with Crippen molar-refractivity contribution in [1.29, 1.82) is 0 Å². The minimum absolute atomic E-state index is 0.645. The third-order valence-corrected chi connectivity index (χ3v) is 4.44. The minimum atomic E-state index is 0.645. The molecule has 2 aromatic carbocycles. The van der Waals surface area contributed by atoms with Gasteiger partial charge in [0.05, 0.1) is 0 Å². The molecule has 0 spiro atoms. The molecule has 0 atom stereocenters. The molecule has 134 valence electrons. The van der Waals surface area contributed by atoms with Crippen molar-refractivity contribution in [2.45, 2.75) is 26.8 Å². The van der Waals surface area contributed by atoms with Gasteiger partial charge in [-0.25, -0.2) is 4.98 Å². The van der Waals surface area contributed by atoms with E-state index in [2.05, 4.69) is 51.8 Å². The molecule has 0 unspecified atom stereocenters. The Bertz CT molecular complexity index is 862. The zero-order valence-electron chi connectivity index (χ0n) is 15.1. The Kier molecular flexibility index (Phi) is 6.08. The minimum Gasteiger partial charge on any atom is -0.366 e. The van der Waals surface area contributed by atoms with Crippen molar-refractivity contribution in [2.75, 3.05) is 17.2 Å². The van der Waals surface area contributed by atoms with E-state index < -0.39 is 0 Å². The summed E-state index contributed by atoms with van der Waals surface area (Å²) in [6.45, 7) is 5.60. The van der Waals surface area contributed by atoms with Gasteiger partial charge < -0.3 is 10.6 Å². The largest absolute Gasteiger partial charge is 0.366 e. The van der Waals surface area contributed by atoms with Crippen LogP contribution in [0.1, 0.15) is 22.4 Å². The van der Waals surface area contributed by atoms with Gasteiger partial charge in [0, 0.05) is 29.9 Å². The van der Waals surface area contributed by atoms with E-state index in [-0.39, 0.29) is 0 Å². The van der Waals surface area contributed by atoms with Gasteiger partial charge in [0.15, 0.2) is 0 Å². The van der Waals surface area contributed by atoms with Crippen molar-refractivity contribution in [3.8, 4) is 0 Å². The maximum absolute atomic E-state index is 5.92. The van der Waals surface area contributed by atoms with Crippen LogP contribution in [0.15, 0.2) is 54.6 Å². The number of hydrogen-bond donors (Lipinski definition) is 2. The Hall–Kier alpha value is -2.59. The van der Waals surface area contributed by atoms with E-state index in [9.17, 15) is 0 Å². The summed E-state index contributed by atoms with van der Waals surface area (Å²) in [5.74, 6) is 1.47. The summed E-state index contributed by atoms with van der Waals surface area (Å²) in [6.07, 6.45) is 0.889. The van der Waals surface area contributed by atoms with Gasteiger partial charge in [0.1, 0.15) is 5.82 Å².